The van der Waals surface area contributed by atoms with Crippen molar-refractivity contribution < 1.29 is 45.0 Å². The summed E-state index contributed by atoms with van der Waals surface area (Å²) in [4.78, 5) is 64.4. The summed E-state index contributed by atoms with van der Waals surface area (Å²) < 4.78 is 0. The number of carbonyl (C=O) groups excluding carboxylic acids is 5. The summed E-state index contributed by atoms with van der Waals surface area (Å²) in [7, 11) is 1.67. The average molecular weight is 590 g/mol. The maximum Gasteiger partial charge on any atom is 0.225 e. The second-order valence-electron chi connectivity index (χ2n) is 7.83. The van der Waals surface area contributed by atoms with Crippen LogP contribution in [0.25, 0.3) is 0 Å². The molecule has 11 heteroatoms. The third-order valence-corrected chi connectivity index (χ3v) is 5.68. The van der Waals surface area contributed by atoms with Crippen LogP contribution in [0.3, 0.4) is 0 Å². The Kier molecular flexibility index (Phi) is 8.82. The van der Waals surface area contributed by atoms with Gasteiger partial charge in [-0.1, -0.05) is 6.42 Å². The van der Waals surface area contributed by atoms with Crippen LogP contribution in [0.4, 0.5) is 0 Å². The summed E-state index contributed by atoms with van der Waals surface area (Å²) in [5, 5.41) is 5.58. The van der Waals surface area contributed by atoms with Gasteiger partial charge in [0.05, 0.1) is 11.8 Å². The van der Waals surface area contributed by atoms with Gasteiger partial charge >= 0.3 is 0 Å². The number of rotatable bonds is 8. The van der Waals surface area contributed by atoms with Crippen LogP contribution in [-0.2, 0) is 45.0 Å². The van der Waals surface area contributed by atoms with Crippen LogP contribution in [-0.4, -0.2) is 97.1 Å². The summed E-state index contributed by atoms with van der Waals surface area (Å²) in [5.41, 5.74) is 0. The Morgan fingerprint density at radius 2 is 1.47 bits per heavy atom. The molecular formula is C19H28N5O5W-. The second kappa shape index (κ2) is 10.9. The van der Waals surface area contributed by atoms with E-state index in [9.17, 15) is 24.0 Å². The Balaban J connectivity index is 0.00000320. The molecule has 0 spiro atoms. The van der Waals surface area contributed by atoms with Crippen molar-refractivity contribution in [1.82, 2.24) is 25.3 Å². The molecule has 2 N–H and O–H groups in total. The topological polar surface area (TPSA) is 119 Å². The van der Waals surface area contributed by atoms with Gasteiger partial charge in [-0.3, -0.25) is 24.0 Å². The van der Waals surface area contributed by atoms with E-state index in [0.717, 1.165) is 0 Å². The minimum atomic E-state index is -0.417. The molecule has 3 saturated heterocycles. The van der Waals surface area contributed by atoms with E-state index in [1.54, 1.807) is 16.8 Å². The van der Waals surface area contributed by atoms with Gasteiger partial charge in [0.2, 0.25) is 23.6 Å². The molecule has 0 aliphatic carbocycles. The van der Waals surface area contributed by atoms with Crippen LogP contribution in [0.5, 0.6) is 0 Å². The van der Waals surface area contributed by atoms with E-state index < -0.39 is 5.92 Å². The van der Waals surface area contributed by atoms with Gasteiger partial charge in [-0.05, 0) is 0 Å². The molecule has 30 heavy (non-hydrogen) atoms. The Morgan fingerprint density at radius 3 is 2.00 bits per heavy atom. The van der Waals surface area contributed by atoms with Gasteiger partial charge in [0.25, 0.3) is 0 Å². The van der Waals surface area contributed by atoms with Gasteiger partial charge in [-0.15, -0.1) is 6.54 Å². The first-order valence-electron chi connectivity index (χ1n) is 10.0. The van der Waals surface area contributed by atoms with Gasteiger partial charge in [-0.2, -0.15) is 0 Å². The fourth-order valence-corrected chi connectivity index (χ4v) is 3.91. The number of hydrogen-bond acceptors (Lipinski definition) is 5. The predicted octanol–water partition coefficient (Wildman–Crippen LogP) is -2.02. The fraction of sp³-hybridized carbons (Fsp3) is 0.684. The van der Waals surface area contributed by atoms with E-state index in [1.165, 1.54) is 4.90 Å². The second-order valence-corrected chi connectivity index (χ2v) is 7.83. The van der Waals surface area contributed by atoms with Crippen molar-refractivity contribution in [2.75, 3.05) is 52.9 Å². The quantitative estimate of drug-likeness (QED) is 0.317. The van der Waals surface area contributed by atoms with Gasteiger partial charge in [0.1, 0.15) is 0 Å². The Bertz CT molecular complexity index is 703. The van der Waals surface area contributed by atoms with Crippen molar-refractivity contribution in [2.24, 2.45) is 11.8 Å². The molecule has 2 unspecified atom stereocenters. The minimum Gasteiger partial charge on any atom is -0.373 e. The van der Waals surface area contributed by atoms with Crippen molar-refractivity contribution in [1.29, 1.82) is 0 Å². The molecule has 3 fully saturated rings. The predicted molar refractivity (Wildman–Crippen MR) is 102 cm³/mol. The Morgan fingerprint density at radius 1 is 0.900 bits per heavy atom. The molecule has 3 heterocycles. The normalized spacial score (nSPS) is 23.8. The van der Waals surface area contributed by atoms with Crippen LogP contribution >= 0.6 is 0 Å². The molecule has 3 aliphatic heterocycles. The fourth-order valence-electron chi connectivity index (χ4n) is 3.91. The molecule has 0 aromatic heterocycles. The summed E-state index contributed by atoms with van der Waals surface area (Å²) in [5.74, 6) is -1.22. The van der Waals surface area contributed by atoms with E-state index in [4.69, 9.17) is 0 Å². The van der Waals surface area contributed by atoms with Crippen molar-refractivity contribution in [2.45, 2.75) is 19.3 Å². The first-order chi connectivity index (χ1) is 13.8. The smallest absolute Gasteiger partial charge is 0.225 e. The molecule has 0 radical (unpaired) electrons. The summed E-state index contributed by atoms with van der Waals surface area (Å²) in [6.07, 6.45) is 2.72. The standard InChI is InChI=1S/C19H28N5O5.W/c1-22-11-13(9-16(22)26)18(28)21-5-8-24-12-14(10-17(24)27)19(29)20-4-7-23-6-2-3-15(23)25;/h2,13-14H,3-12H2,1H3,(H,20,29)(H,21,28);/q-1;. The first-order valence-corrected chi connectivity index (χ1v) is 10.0. The molecule has 166 valence electrons. The zero-order valence-corrected chi connectivity index (χ0v) is 20.0. The van der Waals surface area contributed by atoms with Crippen LogP contribution in [0.1, 0.15) is 19.3 Å². The molecular weight excluding hydrogens is 562 g/mol. The number of nitrogens with one attached hydrogen (secondary N) is 2. The molecule has 3 rings (SSSR count). The Labute approximate surface area is 190 Å². The summed E-state index contributed by atoms with van der Waals surface area (Å²) >= 11 is 0. The molecule has 3 aliphatic rings. The van der Waals surface area contributed by atoms with E-state index in [1.807, 2.05) is 6.42 Å². The SMILES string of the molecule is CN1CC(C(=O)NCCN2CC(C(=O)NCCN3C[CH-]CC3=O)CC2=O)CC1=O.[W]. The number of nitrogens with zero attached hydrogens (tertiary/aromatic N) is 3. The number of carbonyl (C=O) groups is 5. The third kappa shape index (κ3) is 6.03. The average Bonchev–Trinajstić information content (AvgIpc) is 3.35. The van der Waals surface area contributed by atoms with Crippen LogP contribution in [0, 0.1) is 18.3 Å². The van der Waals surface area contributed by atoms with Crippen LogP contribution in [0.15, 0.2) is 0 Å². The Hall–Kier alpha value is -1.96. The van der Waals surface area contributed by atoms with E-state index in [-0.39, 0.29) is 69.4 Å². The zero-order chi connectivity index (χ0) is 21.0. The number of hydrogen-bond donors (Lipinski definition) is 2. The molecule has 0 aromatic rings. The largest absolute Gasteiger partial charge is 0.373 e. The van der Waals surface area contributed by atoms with Crippen LogP contribution < -0.4 is 10.6 Å². The van der Waals surface area contributed by atoms with Crippen molar-refractivity contribution in [3.8, 4) is 0 Å². The van der Waals surface area contributed by atoms with Crippen molar-refractivity contribution in [3.05, 3.63) is 6.42 Å². The first kappa shape index (κ1) is 24.3. The van der Waals surface area contributed by atoms with E-state index in [2.05, 4.69) is 10.6 Å². The molecule has 2 atom stereocenters. The van der Waals surface area contributed by atoms with Crippen LogP contribution in [0.2, 0.25) is 0 Å². The minimum absolute atomic E-state index is 0. The molecule has 0 saturated carbocycles. The van der Waals surface area contributed by atoms with E-state index >= 15 is 0 Å². The maximum atomic E-state index is 12.3. The number of likely N-dealkylation sites (tertiary alicyclic amines) is 3. The molecule has 0 bridgehead atoms. The van der Waals surface area contributed by atoms with Crippen molar-refractivity contribution >= 4 is 29.5 Å². The third-order valence-electron chi connectivity index (χ3n) is 5.68. The van der Waals surface area contributed by atoms with Gasteiger partial charge in [0.15, 0.2) is 5.91 Å². The van der Waals surface area contributed by atoms with Crippen molar-refractivity contribution in [3.63, 3.8) is 0 Å². The van der Waals surface area contributed by atoms with Gasteiger partial charge < -0.3 is 31.8 Å². The molecule has 5 amide bonds. The summed E-state index contributed by atoms with van der Waals surface area (Å²) in [6.45, 7) is 2.81. The monoisotopic (exact) mass is 590 g/mol. The molecule has 10 nitrogen and oxygen atoms in total. The van der Waals surface area contributed by atoms with Gasteiger partial charge in [-0.25, -0.2) is 0 Å². The van der Waals surface area contributed by atoms with Gasteiger partial charge in [0, 0.05) is 80.2 Å². The van der Waals surface area contributed by atoms with E-state index in [0.29, 0.717) is 52.2 Å². The summed E-state index contributed by atoms with van der Waals surface area (Å²) in [6, 6.07) is 0. The maximum absolute atomic E-state index is 12.3. The molecule has 0 aromatic carbocycles. The number of amides is 5. The zero-order valence-electron chi connectivity index (χ0n) is 17.1.